The zero-order chi connectivity index (χ0) is 11.2. The Morgan fingerprint density at radius 2 is 1.71 bits per heavy atom. The van der Waals surface area contributed by atoms with Gasteiger partial charge in [0.2, 0.25) is 0 Å². The molecular weight excluding hydrogens is 203 g/mol. The minimum absolute atomic E-state index is 0. The van der Waals surface area contributed by atoms with Crippen LogP contribution in [0.5, 0.6) is 0 Å². The standard InChI is InChI=1S/C15H15O.Li/c16-12-15(14-9-5-2-6-10-14)11-13-7-3-1-4-8-13;/h1-7,9-10,15-16H,11-12H2;/q-1;+1. The number of aliphatic hydroxyl groups excluding tert-OH is 1. The van der Waals surface area contributed by atoms with Gasteiger partial charge in [-0.2, -0.15) is 35.9 Å². The Labute approximate surface area is 115 Å². The van der Waals surface area contributed by atoms with Gasteiger partial charge in [-0.25, -0.2) is 0 Å². The fraction of sp³-hybridized carbons (Fsp3) is 0.200. The predicted octanol–water partition coefficient (Wildman–Crippen LogP) is -0.191. The molecule has 2 rings (SSSR count). The first-order valence-electron chi connectivity index (χ1n) is 5.51. The first-order valence-corrected chi connectivity index (χ1v) is 5.51. The zero-order valence-electron chi connectivity index (χ0n) is 10.1. The Morgan fingerprint density at radius 1 is 1.00 bits per heavy atom. The van der Waals surface area contributed by atoms with Crippen LogP contribution in [0.25, 0.3) is 0 Å². The third kappa shape index (κ3) is 4.05. The van der Waals surface area contributed by atoms with Crippen LogP contribution in [0.1, 0.15) is 17.0 Å². The second-order valence-electron chi connectivity index (χ2n) is 3.88. The summed E-state index contributed by atoms with van der Waals surface area (Å²) >= 11 is 0. The summed E-state index contributed by atoms with van der Waals surface area (Å²) in [7, 11) is 0. The Kier molecular flexibility index (Phi) is 6.08. The van der Waals surface area contributed by atoms with Crippen LogP contribution in [0.3, 0.4) is 0 Å². The van der Waals surface area contributed by atoms with Gasteiger partial charge in [-0.15, -0.1) is 0 Å². The fourth-order valence-corrected chi connectivity index (χ4v) is 1.84. The predicted molar refractivity (Wildman–Crippen MR) is 65.3 cm³/mol. The van der Waals surface area contributed by atoms with Crippen LogP contribution in [0, 0.1) is 6.07 Å². The van der Waals surface area contributed by atoms with E-state index in [-0.39, 0.29) is 31.4 Å². The van der Waals surface area contributed by atoms with Gasteiger partial charge >= 0.3 is 18.9 Å². The molecule has 2 heteroatoms. The van der Waals surface area contributed by atoms with Gasteiger partial charge < -0.3 is 5.11 Å². The third-order valence-electron chi connectivity index (χ3n) is 2.73. The van der Waals surface area contributed by atoms with E-state index in [4.69, 9.17) is 0 Å². The first kappa shape index (κ1) is 14.1. The molecular formula is C15H15LiO. The van der Waals surface area contributed by atoms with Crippen LogP contribution in [-0.4, -0.2) is 11.7 Å². The average molecular weight is 218 g/mol. The van der Waals surface area contributed by atoms with Crippen molar-refractivity contribution in [2.45, 2.75) is 12.3 Å². The van der Waals surface area contributed by atoms with Crippen molar-refractivity contribution in [2.75, 3.05) is 6.61 Å². The van der Waals surface area contributed by atoms with Gasteiger partial charge in [0.15, 0.2) is 0 Å². The minimum Gasteiger partial charge on any atom is -0.396 e. The number of hydrogen-bond donors (Lipinski definition) is 1. The van der Waals surface area contributed by atoms with Crippen LogP contribution in [-0.2, 0) is 6.42 Å². The summed E-state index contributed by atoms with van der Waals surface area (Å²) in [5.41, 5.74) is 2.33. The Balaban J connectivity index is 0.00000144. The fourth-order valence-electron chi connectivity index (χ4n) is 1.84. The van der Waals surface area contributed by atoms with E-state index < -0.39 is 0 Å². The van der Waals surface area contributed by atoms with Crippen LogP contribution >= 0.6 is 0 Å². The first-order chi connectivity index (χ1) is 7.90. The number of rotatable bonds is 4. The van der Waals surface area contributed by atoms with E-state index in [0.717, 1.165) is 12.0 Å². The maximum Gasteiger partial charge on any atom is 1.00 e. The van der Waals surface area contributed by atoms with Gasteiger partial charge in [0.1, 0.15) is 0 Å². The van der Waals surface area contributed by atoms with Crippen LogP contribution in [0.4, 0.5) is 0 Å². The molecule has 0 radical (unpaired) electrons. The Bertz CT molecular complexity index is 413. The average Bonchev–Trinajstić information content (AvgIpc) is 2.38. The Hall–Kier alpha value is -1.00. The molecule has 2 aromatic rings. The smallest absolute Gasteiger partial charge is 0.396 e. The second-order valence-corrected chi connectivity index (χ2v) is 3.88. The summed E-state index contributed by atoms with van der Waals surface area (Å²) in [5.74, 6) is 0.167. The van der Waals surface area contributed by atoms with E-state index in [1.807, 2.05) is 42.5 Å². The van der Waals surface area contributed by atoms with Crippen molar-refractivity contribution in [1.29, 1.82) is 0 Å². The summed E-state index contributed by atoms with van der Waals surface area (Å²) in [6.45, 7) is 0.173. The summed E-state index contributed by atoms with van der Waals surface area (Å²) < 4.78 is 0. The monoisotopic (exact) mass is 218 g/mol. The van der Waals surface area contributed by atoms with Crippen LogP contribution < -0.4 is 18.9 Å². The molecule has 17 heavy (non-hydrogen) atoms. The molecule has 2 aromatic carbocycles. The molecule has 1 atom stereocenters. The van der Waals surface area contributed by atoms with E-state index in [0.29, 0.717) is 0 Å². The van der Waals surface area contributed by atoms with Gasteiger partial charge in [0, 0.05) is 5.92 Å². The van der Waals surface area contributed by atoms with Gasteiger partial charge in [0.25, 0.3) is 0 Å². The number of benzene rings is 2. The number of aliphatic hydroxyl groups is 1. The molecule has 0 heterocycles. The van der Waals surface area contributed by atoms with E-state index in [1.165, 1.54) is 5.56 Å². The molecule has 0 saturated heterocycles. The quantitative estimate of drug-likeness (QED) is 0.557. The summed E-state index contributed by atoms with van der Waals surface area (Å²) in [6, 6.07) is 21.2. The normalized spacial score (nSPS) is 11.6. The van der Waals surface area contributed by atoms with E-state index in [1.54, 1.807) is 0 Å². The summed E-state index contributed by atoms with van der Waals surface area (Å²) in [4.78, 5) is 0. The van der Waals surface area contributed by atoms with Crippen molar-refractivity contribution in [3.63, 3.8) is 0 Å². The van der Waals surface area contributed by atoms with E-state index >= 15 is 0 Å². The molecule has 0 aliphatic rings. The van der Waals surface area contributed by atoms with Crippen LogP contribution in [0.2, 0.25) is 0 Å². The van der Waals surface area contributed by atoms with E-state index in [9.17, 15) is 5.11 Å². The van der Waals surface area contributed by atoms with Crippen molar-refractivity contribution >= 4 is 0 Å². The molecule has 0 aliphatic heterocycles. The molecule has 0 aliphatic carbocycles. The molecule has 0 bridgehead atoms. The third-order valence-corrected chi connectivity index (χ3v) is 2.73. The van der Waals surface area contributed by atoms with Crippen LogP contribution in [0.15, 0.2) is 54.6 Å². The SMILES string of the molecule is OCC(Cc1[c-]cccc1)c1ccccc1.[Li+]. The molecule has 0 saturated carbocycles. The largest absolute Gasteiger partial charge is 1.00 e. The molecule has 1 unspecified atom stereocenters. The van der Waals surface area contributed by atoms with Gasteiger partial charge in [-0.05, 0) is 12.0 Å². The maximum absolute atomic E-state index is 9.43. The maximum atomic E-state index is 9.43. The topological polar surface area (TPSA) is 20.2 Å². The van der Waals surface area contributed by atoms with Crippen molar-refractivity contribution < 1.29 is 24.0 Å². The van der Waals surface area contributed by atoms with Crippen molar-refractivity contribution in [3.05, 3.63) is 71.8 Å². The molecule has 82 valence electrons. The van der Waals surface area contributed by atoms with Crippen molar-refractivity contribution in [1.82, 2.24) is 0 Å². The second kappa shape index (κ2) is 7.35. The molecule has 1 N–H and O–H groups in total. The molecule has 1 nitrogen and oxygen atoms in total. The Morgan fingerprint density at radius 3 is 2.29 bits per heavy atom. The molecule has 0 fully saturated rings. The number of hydrogen-bond acceptors (Lipinski definition) is 1. The van der Waals surface area contributed by atoms with Gasteiger partial charge in [-0.3, -0.25) is 0 Å². The van der Waals surface area contributed by atoms with Crippen molar-refractivity contribution in [2.24, 2.45) is 0 Å². The van der Waals surface area contributed by atoms with Crippen molar-refractivity contribution in [3.8, 4) is 0 Å². The van der Waals surface area contributed by atoms with E-state index in [2.05, 4.69) is 18.2 Å². The molecule has 0 aromatic heterocycles. The minimum atomic E-state index is 0. The summed E-state index contributed by atoms with van der Waals surface area (Å²) in [5, 5.41) is 9.43. The molecule has 0 spiro atoms. The van der Waals surface area contributed by atoms with Gasteiger partial charge in [-0.1, -0.05) is 30.3 Å². The molecule has 0 amide bonds. The van der Waals surface area contributed by atoms with Gasteiger partial charge in [0.05, 0.1) is 6.61 Å². The zero-order valence-corrected chi connectivity index (χ0v) is 10.1. The summed E-state index contributed by atoms with van der Waals surface area (Å²) in [6.07, 6.45) is 0.835.